The average Bonchev–Trinajstić information content (AvgIpc) is 3.64. The number of Topliss-reactive ketones (excluding diaryl/α,β-unsaturated/α-hetero) is 1. The zero-order chi connectivity index (χ0) is 23.9. The second-order valence-corrected chi connectivity index (χ2v) is 9.97. The van der Waals surface area contributed by atoms with Crippen LogP contribution >= 0.6 is 0 Å². The van der Waals surface area contributed by atoms with Crippen LogP contribution < -0.4 is 10.6 Å². The van der Waals surface area contributed by atoms with E-state index in [1.807, 2.05) is 12.1 Å². The number of amides is 2. The third-order valence-electron chi connectivity index (χ3n) is 7.10. The van der Waals surface area contributed by atoms with Crippen molar-refractivity contribution in [2.24, 2.45) is 11.8 Å². The van der Waals surface area contributed by atoms with Gasteiger partial charge in [0.1, 0.15) is 5.82 Å². The van der Waals surface area contributed by atoms with Crippen molar-refractivity contribution >= 4 is 17.5 Å². The Labute approximate surface area is 202 Å². The zero-order valence-electron chi connectivity index (χ0n) is 20.1. The third kappa shape index (κ3) is 7.39. The van der Waals surface area contributed by atoms with Crippen LogP contribution in [0.3, 0.4) is 0 Å². The van der Waals surface area contributed by atoms with Crippen LogP contribution in [0.4, 0.5) is 14.9 Å². The van der Waals surface area contributed by atoms with Crippen LogP contribution in [0.1, 0.15) is 61.4 Å². The lowest BCUT2D eigenvalue weighted by Gasteiger charge is -2.40. The van der Waals surface area contributed by atoms with E-state index in [0.29, 0.717) is 29.8 Å². The largest absolute Gasteiger partial charge is 0.338 e. The summed E-state index contributed by atoms with van der Waals surface area (Å²) < 4.78 is 13.3. The van der Waals surface area contributed by atoms with Gasteiger partial charge in [0.2, 0.25) is 0 Å². The number of piperidine rings is 1. The molecule has 182 valence electrons. The molecular formula is C28H36FN3O2. The predicted molar refractivity (Wildman–Crippen MR) is 134 cm³/mol. The standard InChI is InChI=1S/C28H36FN3O2/c1-20(33)24-4-2-5-26(18-24)31-28(34)30-14-3-6-27-17-23(13-15-32(27)19-22-7-8-22)16-21-9-11-25(29)12-10-21/h2,4-5,9-12,18,22-23,27H,3,6-8,13-17,19H2,1H3,(H2,30,31,34)/t23-,27-/m0/s1. The lowest BCUT2D eigenvalue weighted by molar-refractivity contribution is 0.0987. The fourth-order valence-corrected chi connectivity index (χ4v) is 5.03. The molecule has 2 aromatic carbocycles. The Kier molecular flexibility index (Phi) is 8.33. The van der Waals surface area contributed by atoms with Gasteiger partial charge < -0.3 is 15.5 Å². The van der Waals surface area contributed by atoms with Crippen LogP contribution in [0.25, 0.3) is 0 Å². The van der Waals surface area contributed by atoms with Crippen LogP contribution in [-0.2, 0) is 6.42 Å². The van der Waals surface area contributed by atoms with Crippen LogP contribution in [0.15, 0.2) is 48.5 Å². The number of nitrogens with zero attached hydrogens (tertiary/aromatic N) is 1. The maximum atomic E-state index is 13.3. The summed E-state index contributed by atoms with van der Waals surface area (Å²) in [6.45, 7) is 4.47. The van der Waals surface area contributed by atoms with Gasteiger partial charge in [-0.1, -0.05) is 24.3 Å². The summed E-state index contributed by atoms with van der Waals surface area (Å²) in [7, 11) is 0. The first-order chi connectivity index (χ1) is 16.5. The van der Waals surface area contributed by atoms with Crippen molar-refractivity contribution < 1.29 is 14.0 Å². The Hall–Kier alpha value is -2.73. The van der Waals surface area contributed by atoms with Gasteiger partial charge in [0.25, 0.3) is 0 Å². The molecule has 5 nitrogen and oxygen atoms in total. The molecule has 6 heteroatoms. The molecule has 0 radical (unpaired) electrons. The normalized spacial score (nSPS) is 20.6. The van der Waals surface area contributed by atoms with Crippen molar-refractivity contribution in [1.82, 2.24) is 10.2 Å². The highest BCUT2D eigenvalue weighted by Gasteiger charge is 2.32. The molecule has 1 saturated heterocycles. The molecule has 2 aromatic rings. The summed E-state index contributed by atoms with van der Waals surface area (Å²) in [5.74, 6) is 1.29. The molecule has 0 unspecified atom stereocenters. The van der Waals surface area contributed by atoms with Crippen LogP contribution in [0.5, 0.6) is 0 Å². The lowest BCUT2D eigenvalue weighted by atomic mass is 9.84. The molecule has 2 fully saturated rings. The van der Waals surface area contributed by atoms with Gasteiger partial charge in [-0.25, -0.2) is 9.18 Å². The Morgan fingerprint density at radius 1 is 1.06 bits per heavy atom. The Morgan fingerprint density at radius 3 is 2.59 bits per heavy atom. The SMILES string of the molecule is CC(=O)c1cccc(NC(=O)NCCC[C@H]2C[C@H](Cc3ccc(F)cc3)CCN2CC2CC2)c1. The number of urea groups is 1. The summed E-state index contributed by atoms with van der Waals surface area (Å²) in [6, 6.07) is 14.2. The van der Waals surface area contributed by atoms with Crippen molar-refractivity contribution in [2.75, 3.05) is 25.0 Å². The minimum atomic E-state index is -0.242. The number of benzene rings is 2. The molecule has 0 spiro atoms. The van der Waals surface area contributed by atoms with Crippen LogP contribution in [-0.4, -0.2) is 42.4 Å². The number of nitrogens with one attached hydrogen (secondary N) is 2. The van der Waals surface area contributed by atoms with E-state index in [4.69, 9.17) is 0 Å². The highest BCUT2D eigenvalue weighted by Crippen LogP contribution is 2.35. The molecule has 2 N–H and O–H groups in total. The van der Waals surface area contributed by atoms with Gasteiger partial charge in [-0.05, 0) is 100 Å². The summed E-state index contributed by atoms with van der Waals surface area (Å²) >= 11 is 0. The Morgan fingerprint density at radius 2 is 1.85 bits per heavy atom. The van der Waals surface area contributed by atoms with Crippen molar-refractivity contribution in [1.29, 1.82) is 0 Å². The molecule has 0 aromatic heterocycles. The van der Waals surface area contributed by atoms with E-state index >= 15 is 0 Å². The maximum Gasteiger partial charge on any atom is 0.319 e. The number of ketones is 1. The molecule has 0 bridgehead atoms. The van der Waals surface area contributed by atoms with E-state index < -0.39 is 0 Å². The van der Waals surface area contributed by atoms with Crippen molar-refractivity contribution in [2.45, 2.75) is 57.9 Å². The molecular weight excluding hydrogens is 429 g/mol. The molecule has 4 rings (SSSR count). The third-order valence-corrected chi connectivity index (χ3v) is 7.10. The zero-order valence-corrected chi connectivity index (χ0v) is 20.1. The summed E-state index contributed by atoms with van der Waals surface area (Å²) in [5.41, 5.74) is 2.42. The quantitative estimate of drug-likeness (QED) is 0.351. The van der Waals surface area contributed by atoms with Crippen LogP contribution in [0.2, 0.25) is 0 Å². The van der Waals surface area contributed by atoms with Gasteiger partial charge in [-0.3, -0.25) is 4.79 Å². The number of rotatable bonds is 10. The Bertz CT molecular complexity index is 974. The molecule has 1 heterocycles. The first-order valence-electron chi connectivity index (χ1n) is 12.6. The highest BCUT2D eigenvalue weighted by molar-refractivity contribution is 5.96. The van der Waals surface area contributed by atoms with Gasteiger partial charge in [-0.2, -0.15) is 0 Å². The first kappa shape index (κ1) is 24.4. The number of hydrogen-bond donors (Lipinski definition) is 2. The van der Waals surface area contributed by atoms with E-state index in [1.54, 1.807) is 36.4 Å². The maximum absolute atomic E-state index is 13.3. The molecule has 34 heavy (non-hydrogen) atoms. The highest BCUT2D eigenvalue weighted by atomic mass is 19.1. The minimum Gasteiger partial charge on any atom is -0.338 e. The van der Waals surface area contributed by atoms with E-state index in [-0.39, 0.29) is 17.6 Å². The van der Waals surface area contributed by atoms with Gasteiger partial charge in [0.15, 0.2) is 5.78 Å². The number of halogens is 1. The summed E-state index contributed by atoms with van der Waals surface area (Å²) in [5, 5.41) is 5.77. The smallest absolute Gasteiger partial charge is 0.319 e. The molecule has 1 aliphatic carbocycles. The summed E-state index contributed by atoms with van der Waals surface area (Å²) in [6.07, 6.45) is 8.06. The van der Waals surface area contributed by atoms with E-state index in [2.05, 4.69) is 15.5 Å². The van der Waals surface area contributed by atoms with E-state index in [1.165, 1.54) is 38.3 Å². The van der Waals surface area contributed by atoms with Crippen molar-refractivity contribution in [3.05, 3.63) is 65.5 Å². The Balaban J connectivity index is 1.24. The van der Waals surface area contributed by atoms with E-state index in [0.717, 1.165) is 38.1 Å². The molecule has 1 saturated carbocycles. The molecule has 2 amide bonds. The van der Waals surface area contributed by atoms with Gasteiger partial charge in [0, 0.05) is 30.4 Å². The van der Waals surface area contributed by atoms with Gasteiger partial charge in [0.05, 0.1) is 0 Å². The van der Waals surface area contributed by atoms with Crippen molar-refractivity contribution in [3.8, 4) is 0 Å². The fraction of sp³-hybridized carbons (Fsp3) is 0.500. The topological polar surface area (TPSA) is 61.4 Å². The second kappa shape index (κ2) is 11.6. The number of hydrogen-bond acceptors (Lipinski definition) is 3. The minimum absolute atomic E-state index is 0.0231. The average molecular weight is 466 g/mol. The molecule has 2 atom stereocenters. The monoisotopic (exact) mass is 465 g/mol. The number of carbonyl (C=O) groups excluding carboxylic acids is 2. The van der Waals surface area contributed by atoms with E-state index in [9.17, 15) is 14.0 Å². The number of likely N-dealkylation sites (tertiary alicyclic amines) is 1. The number of anilines is 1. The van der Waals surface area contributed by atoms with Gasteiger partial charge >= 0.3 is 6.03 Å². The molecule has 2 aliphatic rings. The fourth-order valence-electron chi connectivity index (χ4n) is 5.03. The predicted octanol–water partition coefficient (Wildman–Crippen LogP) is 5.66. The molecule has 1 aliphatic heterocycles. The summed E-state index contributed by atoms with van der Waals surface area (Å²) in [4.78, 5) is 26.5. The first-order valence-corrected chi connectivity index (χ1v) is 12.6. The van der Waals surface area contributed by atoms with Crippen LogP contribution in [0, 0.1) is 17.7 Å². The lowest BCUT2D eigenvalue weighted by Crippen LogP contribution is -2.44. The van der Waals surface area contributed by atoms with Crippen molar-refractivity contribution in [3.63, 3.8) is 0 Å². The van der Waals surface area contributed by atoms with Gasteiger partial charge in [-0.15, -0.1) is 0 Å². The number of carbonyl (C=O) groups is 2. The second-order valence-electron chi connectivity index (χ2n) is 9.97.